The largest absolute Gasteiger partial charge is 0.756 e. The first kappa shape index (κ1) is 34.5. The van der Waals surface area contributed by atoms with Crippen molar-refractivity contribution < 1.29 is 43.6 Å². The molecule has 0 bridgehead atoms. The van der Waals surface area contributed by atoms with E-state index in [1.807, 2.05) is 0 Å². The average Bonchev–Trinajstić information content (AvgIpc) is 2.82. The molecule has 2 unspecified atom stereocenters. The molecule has 0 aromatic carbocycles. The number of hydrogen-bond donors (Lipinski definition) is 2. The van der Waals surface area contributed by atoms with Crippen LogP contribution in [0.2, 0.25) is 0 Å². The highest BCUT2D eigenvalue weighted by Crippen LogP contribution is 2.38. The van der Waals surface area contributed by atoms with E-state index in [4.69, 9.17) is 19.1 Å². The molecule has 0 heterocycles. The predicted octanol–water partition coefficient (Wildman–Crippen LogP) is 4.48. The molecule has 0 rings (SSSR count). The highest BCUT2D eigenvalue weighted by Gasteiger charge is 2.16. The van der Waals surface area contributed by atoms with Crippen LogP contribution < -0.4 is 10.6 Å². The molecule has 0 spiro atoms. The zero-order valence-electron chi connectivity index (χ0n) is 22.1. The molecule has 10 heteroatoms. The number of unbranched alkanes of at least 4 members (excludes halogenated alkanes) is 13. The summed E-state index contributed by atoms with van der Waals surface area (Å²) in [5.41, 5.74) is 3.52. The molecule has 0 amide bonds. The molecule has 0 fully saturated rings. The van der Waals surface area contributed by atoms with Crippen molar-refractivity contribution in [2.45, 2.75) is 116 Å². The fourth-order valence-electron chi connectivity index (χ4n) is 3.62. The quantitative estimate of drug-likeness (QED) is 0.112. The van der Waals surface area contributed by atoms with Gasteiger partial charge in [-0.1, -0.05) is 90.4 Å². The molecular formula is C25H52NO8P. The molecule has 0 aromatic rings. The zero-order chi connectivity index (χ0) is 26.0. The topological polar surface area (TPSA) is 142 Å². The van der Waals surface area contributed by atoms with E-state index in [9.17, 15) is 14.3 Å². The van der Waals surface area contributed by atoms with Crippen LogP contribution in [0.5, 0.6) is 0 Å². The van der Waals surface area contributed by atoms with Gasteiger partial charge in [-0.3, -0.25) is 9.36 Å². The summed E-state index contributed by atoms with van der Waals surface area (Å²) in [5, 5.41) is 8.73. The third-order valence-corrected chi connectivity index (χ3v) is 6.61. The van der Waals surface area contributed by atoms with E-state index in [2.05, 4.69) is 17.2 Å². The van der Waals surface area contributed by atoms with Gasteiger partial charge in [0.25, 0.3) is 7.82 Å². The Bertz CT molecular complexity index is 524. The average molecular weight is 526 g/mol. The number of phosphoric acid groups is 1. The van der Waals surface area contributed by atoms with Crippen molar-refractivity contribution in [2.24, 2.45) is 0 Å². The van der Waals surface area contributed by atoms with Crippen LogP contribution in [0.25, 0.3) is 0 Å². The van der Waals surface area contributed by atoms with Gasteiger partial charge >= 0.3 is 5.97 Å². The molecule has 0 radical (unpaired) electrons. The van der Waals surface area contributed by atoms with Gasteiger partial charge in [0.15, 0.2) is 0 Å². The summed E-state index contributed by atoms with van der Waals surface area (Å²) < 4.78 is 32.5. The van der Waals surface area contributed by atoms with Crippen LogP contribution in [0.1, 0.15) is 110 Å². The van der Waals surface area contributed by atoms with Gasteiger partial charge in [-0.05, 0) is 12.8 Å². The molecule has 0 aromatic heterocycles. The lowest BCUT2D eigenvalue weighted by molar-refractivity contribution is -0.373. The van der Waals surface area contributed by atoms with Crippen LogP contribution in [-0.2, 0) is 27.9 Å². The van der Waals surface area contributed by atoms with Gasteiger partial charge in [-0.25, -0.2) is 0 Å². The normalized spacial score (nSPS) is 14.1. The van der Waals surface area contributed by atoms with Gasteiger partial charge in [0.1, 0.15) is 12.7 Å². The van der Waals surface area contributed by atoms with Crippen molar-refractivity contribution >= 4 is 13.8 Å². The first-order chi connectivity index (χ1) is 16.9. The first-order valence-corrected chi connectivity index (χ1v) is 15.2. The van der Waals surface area contributed by atoms with Crippen molar-refractivity contribution in [1.82, 2.24) is 0 Å². The van der Waals surface area contributed by atoms with E-state index < -0.39 is 19.9 Å². The maximum absolute atomic E-state index is 11.7. The van der Waals surface area contributed by atoms with Crippen LogP contribution in [0.15, 0.2) is 0 Å². The maximum Gasteiger partial charge on any atom is 0.303 e. The number of aliphatic carboxylic acids is 1. The number of phosphoric ester groups is 1. The Balaban J connectivity index is 3.81. The number of carboxylic acids is 1. The second-order valence-electron chi connectivity index (χ2n) is 9.09. The lowest BCUT2D eigenvalue weighted by atomic mass is 10.0. The van der Waals surface area contributed by atoms with Crippen LogP contribution in [0, 0.1) is 0 Å². The van der Waals surface area contributed by atoms with E-state index in [1.165, 1.54) is 77.0 Å². The second-order valence-corrected chi connectivity index (χ2v) is 10.5. The third-order valence-electron chi connectivity index (χ3n) is 5.65. The molecule has 210 valence electrons. The summed E-state index contributed by atoms with van der Waals surface area (Å²) in [5.74, 6) is -0.902. The van der Waals surface area contributed by atoms with Crippen LogP contribution in [0.3, 0.4) is 0 Å². The molecule has 2 atom stereocenters. The molecule has 0 saturated heterocycles. The minimum atomic E-state index is -4.41. The molecular weight excluding hydrogens is 473 g/mol. The van der Waals surface area contributed by atoms with Crippen molar-refractivity contribution in [2.75, 3.05) is 39.6 Å². The third kappa shape index (κ3) is 26.3. The van der Waals surface area contributed by atoms with Gasteiger partial charge in [0, 0.05) is 19.6 Å². The van der Waals surface area contributed by atoms with Crippen molar-refractivity contribution in [3.63, 3.8) is 0 Å². The Hall–Kier alpha value is -0.540. The van der Waals surface area contributed by atoms with Crippen LogP contribution >= 0.6 is 7.82 Å². The number of carboxylic acid groups (broad SMARTS) is 1. The number of rotatable bonds is 28. The van der Waals surface area contributed by atoms with Crippen molar-refractivity contribution in [3.05, 3.63) is 0 Å². The van der Waals surface area contributed by atoms with Crippen molar-refractivity contribution in [1.29, 1.82) is 0 Å². The van der Waals surface area contributed by atoms with Gasteiger partial charge in [-0.2, -0.15) is 0 Å². The minimum Gasteiger partial charge on any atom is -0.756 e. The molecule has 35 heavy (non-hydrogen) atoms. The number of quaternary nitrogens is 1. The monoisotopic (exact) mass is 525 g/mol. The minimum absolute atomic E-state index is 0.0137. The lowest BCUT2D eigenvalue weighted by Gasteiger charge is -2.25. The Morgan fingerprint density at radius 2 is 1.34 bits per heavy atom. The molecule has 9 nitrogen and oxygen atoms in total. The molecule has 0 aliphatic heterocycles. The Morgan fingerprint density at radius 1 is 0.800 bits per heavy atom. The maximum atomic E-state index is 11.7. The number of hydrogen-bond acceptors (Lipinski definition) is 7. The van der Waals surface area contributed by atoms with E-state index >= 15 is 0 Å². The van der Waals surface area contributed by atoms with Crippen molar-refractivity contribution in [3.8, 4) is 0 Å². The highest BCUT2D eigenvalue weighted by molar-refractivity contribution is 7.45. The molecule has 0 aliphatic carbocycles. The summed E-state index contributed by atoms with van der Waals surface area (Å²) in [7, 11) is -4.41. The summed E-state index contributed by atoms with van der Waals surface area (Å²) in [6.45, 7) is 3.23. The smallest absolute Gasteiger partial charge is 0.303 e. The van der Waals surface area contributed by atoms with Gasteiger partial charge < -0.3 is 34.3 Å². The van der Waals surface area contributed by atoms with Gasteiger partial charge in [-0.15, -0.1) is 0 Å². The first-order valence-electron chi connectivity index (χ1n) is 13.7. The van der Waals surface area contributed by atoms with Gasteiger partial charge in [0.05, 0.1) is 19.8 Å². The standard InChI is InChI=1S/C25H52NO8P/c1-2-3-4-5-6-7-8-9-10-11-12-13-14-15-19-31-22-24(32-20-16-17-25(27)28)23-34-35(29,30)33-21-18-26/h24H,2-23,26H2,1H3,(H,27,28)(H,29,30). The summed E-state index contributed by atoms with van der Waals surface area (Å²) in [6, 6.07) is 0. The Kier molecular flexibility index (Phi) is 24.7. The summed E-state index contributed by atoms with van der Waals surface area (Å²) >= 11 is 0. The number of carbonyl (C=O) groups is 1. The fourth-order valence-corrected chi connectivity index (χ4v) is 4.40. The van der Waals surface area contributed by atoms with E-state index in [-0.39, 0.29) is 32.8 Å². The molecule has 4 N–H and O–H groups in total. The highest BCUT2D eigenvalue weighted by atomic mass is 31.2. The van der Waals surface area contributed by atoms with Crippen LogP contribution in [-0.4, -0.2) is 56.8 Å². The summed E-state index contributed by atoms with van der Waals surface area (Å²) in [4.78, 5) is 22.4. The summed E-state index contributed by atoms with van der Waals surface area (Å²) in [6.07, 6.45) is 17.8. The van der Waals surface area contributed by atoms with Crippen LogP contribution in [0.4, 0.5) is 0 Å². The van der Waals surface area contributed by atoms with E-state index in [1.54, 1.807) is 0 Å². The predicted molar refractivity (Wildman–Crippen MR) is 135 cm³/mol. The lowest BCUT2D eigenvalue weighted by Crippen LogP contribution is -2.52. The second kappa shape index (κ2) is 25.1. The molecule has 0 saturated carbocycles. The van der Waals surface area contributed by atoms with E-state index in [0.29, 0.717) is 19.6 Å². The Labute approximate surface area is 213 Å². The fraction of sp³-hybridized carbons (Fsp3) is 0.960. The van der Waals surface area contributed by atoms with Gasteiger partial charge in [0.2, 0.25) is 0 Å². The zero-order valence-corrected chi connectivity index (χ0v) is 23.0. The molecule has 0 aliphatic rings. The number of ether oxygens (including phenoxy) is 2. The SMILES string of the molecule is CCCCCCCCCCCCCCCCOCC(COP(=O)([O-])OCC[NH3+])OCCCC(=O)O. The van der Waals surface area contributed by atoms with E-state index in [0.717, 1.165) is 12.8 Å². The Morgan fingerprint density at radius 3 is 1.86 bits per heavy atom.